The van der Waals surface area contributed by atoms with Crippen LogP contribution in [0, 0.1) is 0 Å². The van der Waals surface area contributed by atoms with Gasteiger partial charge in [0.1, 0.15) is 0 Å². The molecular formula is C19H28N4OS. The molecule has 1 fully saturated rings. The van der Waals surface area contributed by atoms with Crippen LogP contribution in [0.1, 0.15) is 48.0 Å². The maximum Gasteiger partial charge on any atom is 0.238 e. The number of thiazole rings is 1. The molecule has 25 heavy (non-hydrogen) atoms. The quantitative estimate of drug-likeness (QED) is 0.420. The molecule has 4 N–H and O–H groups in total. The van der Waals surface area contributed by atoms with Crippen LogP contribution in [0.25, 0.3) is 0 Å². The van der Waals surface area contributed by atoms with Crippen molar-refractivity contribution in [3.05, 3.63) is 51.5 Å². The van der Waals surface area contributed by atoms with Crippen LogP contribution in [0.3, 0.4) is 0 Å². The fraction of sp³-hybridized carbons (Fsp3) is 0.474. The van der Waals surface area contributed by atoms with Crippen molar-refractivity contribution in [2.75, 3.05) is 13.1 Å². The van der Waals surface area contributed by atoms with E-state index in [2.05, 4.69) is 28.3 Å². The summed E-state index contributed by atoms with van der Waals surface area (Å²) < 4.78 is 0. The molecule has 0 saturated carbocycles. The van der Waals surface area contributed by atoms with Gasteiger partial charge >= 0.3 is 0 Å². The van der Waals surface area contributed by atoms with E-state index in [4.69, 9.17) is 10.8 Å². The van der Waals surface area contributed by atoms with E-state index in [1.807, 2.05) is 23.5 Å². The maximum atomic E-state index is 11.3. The Hall–Kier alpha value is -1.76. The molecule has 1 amide bonds. The molecule has 6 heteroatoms. The predicted octanol–water partition coefficient (Wildman–Crippen LogP) is 2.56. The standard InChI is InChI=1S/C18H24N4OS.CH4/c19-22-17(23)11-14-3-1-13(2-4-14)5-6-16-12-24-18(21-16)15-7-9-20-10-8-15;/h1-4,12,15,20H,5-11,19H2,(H,22,23);1H4. The maximum absolute atomic E-state index is 11.3. The molecule has 3 rings (SSSR count). The average Bonchev–Trinajstić information content (AvgIpc) is 3.11. The number of carbonyl (C=O) groups is 1. The van der Waals surface area contributed by atoms with Crippen molar-refractivity contribution in [2.45, 2.75) is 45.4 Å². The first kappa shape index (κ1) is 19.6. The molecule has 0 aliphatic carbocycles. The van der Waals surface area contributed by atoms with Crippen molar-refractivity contribution in [1.29, 1.82) is 0 Å². The van der Waals surface area contributed by atoms with Crippen LogP contribution in [-0.2, 0) is 24.1 Å². The summed E-state index contributed by atoms with van der Waals surface area (Å²) >= 11 is 1.81. The van der Waals surface area contributed by atoms with Crippen molar-refractivity contribution in [1.82, 2.24) is 15.7 Å². The lowest BCUT2D eigenvalue weighted by atomic mass is 9.99. The summed E-state index contributed by atoms with van der Waals surface area (Å²) in [5.41, 5.74) is 5.59. The van der Waals surface area contributed by atoms with Crippen LogP contribution in [0.5, 0.6) is 0 Å². The third-order valence-electron chi connectivity index (χ3n) is 4.48. The van der Waals surface area contributed by atoms with Crippen molar-refractivity contribution >= 4 is 17.2 Å². The highest BCUT2D eigenvalue weighted by Crippen LogP contribution is 2.28. The summed E-state index contributed by atoms with van der Waals surface area (Å²) in [6.45, 7) is 2.21. The molecule has 5 nitrogen and oxygen atoms in total. The molecule has 1 saturated heterocycles. The molecule has 0 unspecified atom stereocenters. The van der Waals surface area contributed by atoms with E-state index in [0.717, 1.165) is 31.5 Å². The van der Waals surface area contributed by atoms with Crippen LogP contribution < -0.4 is 16.6 Å². The van der Waals surface area contributed by atoms with E-state index >= 15 is 0 Å². The van der Waals surface area contributed by atoms with Crippen molar-refractivity contribution < 1.29 is 4.79 Å². The normalized spacial score (nSPS) is 14.8. The number of hydrazine groups is 1. The molecule has 2 heterocycles. The number of amides is 1. The number of rotatable bonds is 6. The molecule has 0 bridgehead atoms. The van der Waals surface area contributed by atoms with E-state index in [-0.39, 0.29) is 13.3 Å². The summed E-state index contributed by atoms with van der Waals surface area (Å²) in [7, 11) is 0. The van der Waals surface area contributed by atoms with Gasteiger partial charge < -0.3 is 5.32 Å². The number of nitrogens with one attached hydrogen (secondary N) is 2. The number of hydrogen-bond donors (Lipinski definition) is 3. The second kappa shape index (κ2) is 9.65. The second-order valence-corrected chi connectivity index (χ2v) is 7.15. The minimum Gasteiger partial charge on any atom is -0.317 e. The van der Waals surface area contributed by atoms with Crippen LogP contribution >= 0.6 is 11.3 Å². The lowest BCUT2D eigenvalue weighted by Gasteiger charge is -2.20. The van der Waals surface area contributed by atoms with Crippen LogP contribution in [0.2, 0.25) is 0 Å². The van der Waals surface area contributed by atoms with E-state index in [1.54, 1.807) is 0 Å². The fourth-order valence-corrected chi connectivity index (χ4v) is 4.05. The zero-order chi connectivity index (χ0) is 16.8. The Balaban J connectivity index is 0.00000225. The first-order valence-electron chi connectivity index (χ1n) is 8.47. The van der Waals surface area contributed by atoms with Gasteiger partial charge in [-0.15, -0.1) is 11.3 Å². The molecule has 2 aromatic rings. The van der Waals surface area contributed by atoms with Gasteiger partial charge in [0.05, 0.1) is 17.1 Å². The van der Waals surface area contributed by atoms with Gasteiger partial charge in [0, 0.05) is 11.3 Å². The summed E-state index contributed by atoms with van der Waals surface area (Å²) in [4.78, 5) is 16.1. The highest BCUT2D eigenvalue weighted by atomic mass is 32.1. The van der Waals surface area contributed by atoms with E-state index in [1.165, 1.54) is 29.1 Å². The van der Waals surface area contributed by atoms with Gasteiger partial charge in [0.15, 0.2) is 0 Å². The smallest absolute Gasteiger partial charge is 0.238 e. The first-order chi connectivity index (χ1) is 11.7. The number of aryl methyl sites for hydroxylation is 2. The Bertz CT molecular complexity index is 662. The molecule has 0 radical (unpaired) electrons. The van der Waals surface area contributed by atoms with Gasteiger partial charge in [-0.1, -0.05) is 31.7 Å². The Kier molecular flexibility index (Phi) is 7.55. The van der Waals surface area contributed by atoms with Crippen LogP contribution in [0.15, 0.2) is 29.6 Å². The predicted molar refractivity (Wildman–Crippen MR) is 104 cm³/mol. The molecule has 1 aliphatic heterocycles. The SMILES string of the molecule is C.NNC(=O)Cc1ccc(CCc2csc(C3CCNCC3)n2)cc1. The van der Waals surface area contributed by atoms with E-state index < -0.39 is 0 Å². The molecule has 1 aliphatic rings. The molecule has 136 valence electrons. The van der Waals surface area contributed by atoms with Gasteiger partial charge in [0.2, 0.25) is 5.91 Å². The summed E-state index contributed by atoms with van der Waals surface area (Å²) in [6, 6.07) is 8.15. The van der Waals surface area contributed by atoms with E-state index in [9.17, 15) is 4.79 Å². The number of piperidine rings is 1. The van der Waals surface area contributed by atoms with Crippen LogP contribution in [-0.4, -0.2) is 24.0 Å². The van der Waals surface area contributed by atoms with Gasteiger partial charge in [0.25, 0.3) is 0 Å². The largest absolute Gasteiger partial charge is 0.317 e. The van der Waals surface area contributed by atoms with Crippen molar-refractivity contribution in [2.24, 2.45) is 5.84 Å². The summed E-state index contributed by atoms with van der Waals surface area (Å²) in [5, 5.41) is 6.91. The zero-order valence-electron chi connectivity index (χ0n) is 13.8. The molecule has 0 atom stereocenters. The number of hydrogen-bond acceptors (Lipinski definition) is 5. The number of nitrogens with zero attached hydrogens (tertiary/aromatic N) is 1. The molecule has 0 spiro atoms. The summed E-state index contributed by atoms with van der Waals surface area (Å²) in [6.07, 6.45) is 4.65. The van der Waals surface area contributed by atoms with Gasteiger partial charge in [-0.2, -0.15) is 0 Å². The highest BCUT2D eigenvalue weighted by molar-refractivity contribution is 7.09. The van der Waals surface area contributed by atoms with E-state index in [0.29, 0.717) is 12.3 Å². The molecular weight excluding hydrogens is 332 g/mol. The Morgan fingerprint density at radius 1 is 1.20 bits per heavy atom. The lowest BCUT2D eigenvalue weighted by molar-refractivity contribution is -0.120. The monoisotopic (exact) mass is 360 g/mol. The van der Waals surface area contributed by atoms with Gasteiger partial charge in [-0.05, 0) is 49.9 Å². The average molecular weight is 361 g/mol. The summed E-state index contributed by atoms with van der Waals surface area (Å²) in [5.74, 6) is 5.58. The Morgan fingerprint density at radius 3 is 2.56 bits per heavy atom. The highest BCUT2D eigenvalue weighted by Gasteiger charge is 2.18. The molecule has 1 aromatic heterocycles. The minimum atomic E-state index is -0.171. The number of benzene rings is 1. The number of aromatic nitrogens is 1. The fourth-order valence-electron chi connectivity index (χ4n) is 3.03. The first-order valence-corrected chi connectivity index (χ1v) is 9.35. The molecule has 1 aromatic carbocycles. The number of nitrogens with two attached hydrogens (primary N) is 1. The third-order valence-corrected chi connectivity index (χ3v) is 5.53. The second-order valence-electron chi connectivity index (χ2n) is 6.26. The number of carbonyl (C=O) groups excluding carboxylic acids is 1. The Labute approximate surface area is 154 Å². The third kappa shape index (κ3) is 5.63. The lowest BCUT2D eigenvalue weighted by Crippen LogP contribution is -2.31. The Morgan fingerprint density at radius 2 is 1.88 bits per heavy atom. The van der Waals surface area contributed by atoms with Crippen LogP contribution in [0.4, 0.5) is 0 Å². The van der Waals surface area contributed by atoms with Crippen molar-refractivity contribution in [3.63, 3.8) is 0 Å². The minimum absolute atomic E-state index is 0. The van der Waals surface area contributed by atoms with Crippen molar-refractivity contribution in [3.8, 4) is 0 Å². The van der Waals surface area contributed by atoms with Gasteiger partial charge in [-0.3, -0.25) is 10.2 Å². The van der Waals surface area contributed by atoms with Gasteiger partial charge in [-0.25, -0.2) is 10.8 Å². The zero-order valence-corrected chi connectivity index (χ0v) is 14.6. The topological polar surface area (TPSA) is 80.0 Å².